The van der Waals surface area contributed by atoms with Crippen LogP contribution in [0, 0.1) is 5.92 Å². The Balaban J connectivity index is 1.72. The van der Waals surface area contributed by atoms with Crippen LogP contribution in [-0.2, 0) is 14.0 Å². The van der Waals surface area contributed by atoms with Gasteiger partial charge in [-0.25, -0.2) is 4.79 Å². The number of rotatable bonds is 12. The SMILES string of the molecule is CCCCCOc1ccc(C=CC(=O)OC2CCC(CC[Si]OC)CC2O)cc1. The van der Waals surface area contributed by atoms with Crippen LogP contribution in [0.5, 0.6) is 5.75 Å². The van der Waals surface area contributed by atoms with Crippen molar-refractivity contribution >= 4 is 21.8 Å². The predicted octanol–water partition coefficient (Wildman–Crippen LogP) is 4.42. The van der Waals surface area contributed by atoms with E-state index in [9.17, 15) is 9.90 Å². The summed E-state index contributed by atoms with van der Waals surface area (Å²) in [6, 6.07) is 8.68. The summed E-state index contributed by atoms with van der Waals surface area (Å²) in [6.45, 7) is 2.90. The molecule has 1 N–H and O–H groups in total. The topological polar surface area (TPSA) is 65.0 Å². The zero-order chi connectivity index (χ0) is 20.9. The zero-order valence-electron chi connectivity index (χ0n) is 17.6. The maximum absolute atomic E-state index is 12.1. The van der Waals surface area contributed by atoms with Gasteiger partial charge in [0, 0.05) is 13.2 Å². The third kappa shape index (κ3) is 9.15. The predicted molar refractivity (Wildman–Crippen MR) is 116 cm³/mol. The molecule has 1 aromatic rings. The van der Waals surface area contributed by atoms with E-state index in [1.165, 1.54) is 18.9 Å². The van der Waals surface area contributed by atoms with E-state index in [0.29, 0.717) is 28.5 Å². The Hall–Kier alpha value is -1.63. The fraction of sp³-hybridized carbons (Fsp3) is 0.609. The van der Waals surface area contributed by atoms with Crippen molar-refractivity contribution in [2.45, 2.75) is 70.1 Å². The first kappa shape index (κ1) is 23.6. The third-order valence-electron chi connectivity index (χ3n) is 5.24. The molecule has 29 heavy (non-hydrogen) atoms. The average molecular weight is 419 g/mol. The summed E-state index contributed by atoms with van der Waals surface area (Å²) in [5, 5.41) is 10.3. The van der Waals surface area contributed by atoms with Crippen LogP contribution in [0.3, 0.4) is 0 Å². The van der Waals surface area contributed by atoms with E-state index < -0.39 is 18.2 Å². The van der Waals surface area contributed by atoms with Crippen LogP contribution in [0.15, 0.2) is 30.3 Å². The number of carbonyl (C=O) groups is 1. The molecule has 2 radical (unpaired) electrons. The molecule has 1 aromatic carbocycles. The fourth-order valence-electron chi connectivity index (χ4n) is 3.54. The molecular weight excluding hydrogens is 384 g/mol. The average Bonchev–Trinajstić information content (AvgIpc) is 2.73. The van der Waals surface area contributed by atoms with Gasteiger partial charge in [-0.05, 0) is 61.4 Å². The Labute approximate surface area is 177 Å². The summed E-state index contributed by atoms with van der Waals surface area (Å²) in [4.78, 5) is 12.1. The summed E-state index contributed by atoms with van der Waals surface area (Å²) in [6.07, 6.45) is 9.02. The molecule has 1 aliphatic rings. The number of aliphatic hydroxyl groups is 1. The van der Waals surface area contributed by atoms with Gasteiger partial charge in [-0.2, -0.15) is 0 Å². The second kappa shape index (κ2) is 13.6. The molecule has 0 aliphatic heterocycles. The van der Waals surface area contributed by atoms with E-state index in [4.69, 9.17) is 13.9 Å². The second-order valence-electron chi connectivity index (χ2n) is 7.57. The van der Waals surface area contributed by atoms with Gasteiger partial charge in [0.1, 0.15) is 11.9 Å². The monoisotopic (exact) mass is 418 g/mol. The molecule has 1 aliphatic carbocycles. The largest absolute Gasteiger partial charge is 0.494 e. The van der Waals surface area contributed by atoms with Gasteiger partial charge in [-0.3, -0.25) is 0 Å². The Bertz CT molecular complexity index is 616. The second-order valence-corrected chi connectivity index (χ2v) is 8.76. The molecule has 3 unspecified atom stereocenters. The summed E-state index contributed by atoms with van der Waals surface area (Å²) < 4.78 is 16.3. The molecule has 6 heteroatoms. The van der Waals surface area contributed by atoms with Crippen molar-refractivity contribution in [2.75, 3.05) is 13.7 Å². The number of esters is 1. The summed E-state index contributed by atoms with van der Waals surface area (Å²) in [7, 11) is 2.24. The van der Waals surface area contributed by atoms with Crippen molar-refractivity contribution in [2.24, 2.45) is 5.92 Å². The van der Waals surface area contributed by atoms with Gasteiger partial charge in [0.05, 0.1) is 12.7 Å². The van der Waals surface area contributed by atoms with E-state index >= 15 is 0 Å². The maximum Gasteiger partial charge on any atom is 0.331 e. The molecule has 160 valence electrons. The highest BCUT2D eigenvalue weighted by Gasteiger charge is 2.31. The third-order valence-corrected chi connectivity index (χ3v) is 6.02. The number of benzene rings is 1. The molecule has 0 bridgehead atoms. The molecular formula is C23H34O5Si. The maximum atomic E-state index is 12.1. The minimum Gasteiger partial charge on any atom is -0.494 e. The number of unbranched alkanes of at least 4 members (excludes halogenated alkanes) is 2. The van der Waals surface area contributed by atoms with Crippen LogP contribution >= 0.6 is 0 Å². The van der Waals surface area contributed by atoms with Crippen molar-refractivity contribution in [3.8, 4) is 5.75 Å². The van der Waals surface area contributed by atoms with E-state index in [-0.39, 0.29) is 0 Å². The normalized spacial score (nSPS) is 22.0. The Morgan fingerprint density at radius 3 is 2.72 bits per heavy atom. The van der Waals surface area contributed by atoms with Gasteiger partial charge in [0.2, 0.25) is 9.76 Å². The molecule has 1 saturated carbocycles. The van der Waals surface area contributed by atoms with E-state index in [2.05, 4.69) is 6.92 Å². The Kier molecular flexibility index (Phi) is 11.1. The highest BCUT2D eigenvalue weighted by atomic mass is 28.2. The lowest BCUT2D eigenvalue weighted by Crippen LogP contribution is -2.37. The number of hydrogen-bond acceptors (Lipinski definition) is 5. The molecule has 0 spiro atoms. The lowest BCUT2D eigenvalue weighted by molar-refractivity contribution is -0.152. The van der Waals surface area contributed by atoms with E-state index in [1.54, 1.807) is 13.2 Å². The first-order valence-electron chi connectivity index (χ1n) is 10.7. The van der Waals surface area contributed by atoms with Crippen molar-refractivity contribution in [1.29, 1.82) is 0 Å². The number of hydrogen-bond donors (Lipinski definition) is 1. The summed E-state index contributed by atoms with van der Waals surface area (Å²) >= 11 is 0. The van der Waals surface area contributed by atoms with Gasteiger partial charge in [0.15, 0.2) is 0 Å². The van der Waals surface area contributed by atoms with Gasteiger partial charge >= 0.3 is 5.97 Å². The molecule has 0 aromatic heterocycles. The Morgan fingerprint density at radius 2 is 2.03 bits per heavy atom. The molecule has 0 amide bonds. The van der Waals surface area contributed by atoms with Crippen LogP contribution in [0.4, 0.5) is 0 Å². The number of ether oxygens (including phenoxy) is 2. The molecule has 0 heterocycles. The van der Waals surface area contributed by atoms with Gasteiger partial charge < -0.3 is 19.0 Å². The van der Waals surface area contributed by atoms with Crippen LogP contribution in [0.1, 0.15) is 57.4 Å². The smallest absolute Gasteiger partial charge is 0.331 e. The first-order valence-corrected chi connectivity index (χ1v) is 11.8. The van der Waals surface area contributed by atoms with Crippen LogP contribution < -0.4 is 4.74 Å². The standard InChI is InChI=1S/C23H34O5Si/c1-3-4-5-15-27-20-10-6-18(7-11-20)9-13-23(25)28-22-12-8-19(17-21(22)24)14-16-29-26-2/h6-7,9-11,13,19,21-22,24H,3-5,8,12,14-17H2,1-2H3. The summed E-state index contributed by atoms with van der Waals surface area (Å²) in [5.74, 6) is 0.917. The van der Waals surface area contributed by atoms with Crippen LogP contribution in [0.2, 0.25) is 6.04 Å². The van der Waals surface area contributed by atoms with Crippen LogP contribution in [-0.4, -0.2) is 46.8 Å². The first-order chi connectivity index (χ1) is 14.1. The van der Waals surface area contributed by atoms with Crippen molar-refractivity contribution < 1.29 is 23.8 Å². The number of carbonyl (C=O) groups excluding carboxylic acids is 1. The fourth-order valence-corrected chi connectivity index (χ4v) is 4.27. The molecule has 1 fully saturated rings. The van der Waals surface area contributed by atoms with Crippen molar-refractivity contribution in [1.82, 2.24) is 0 Å². The van der Waals surface area contributed by atoms with Gasteiger partial charge in [-0.15, -0.1) is 0 Å². The van der Waals surface area contributed by atoms with Crippen LogP contribution in [0.25, 0.3) is 6.08 Å². The quantitative estimate of drug-likeness (QED) is 0.236. The lowest BCUT2D eigenvalue weighted by atomic mass is 9.84. The molecule has 2 rings (SSSR count). The highest BCUT2D eigenvalue weighted by molar-refractivity contribution is 6.26. The van der Waals surface area contributed by atoms with Gasteiger partial charge in [0.25, 0.3) is 0 Å². The molecule has 0 saturated heterocycles. The zero-order valence-corrected chi connectivity index (χ0v) is 18.6. The molecule has 5 nitrogen and oxygen atoms in total. The highest BCUT2D eigenvalue weighted by Crippen LogP contribution is 2.30. The molecule has 3 atom stereocenters. The lowest BCUT2D eigenvalue weighted by Gasteiger charge is -2.32. The van der Waals surface area contributed by atoms with E-state index in [0.717, 1.165) is 43.2 Å². The van der Waals surface area contributed by atoms with Crippen molar-refractivity contribution in [3.05, 3.63) is 35.9 Å². The van der Waals surface area contributed by atoms with Gasteiger partial charge in [-0.1, -0.05) is 38.3 Å². The summed E-state index contributed by atoms with van der Waals surface area (Å²) in [5.41, 5.74) is 0.908. The minimum absolute atomic E-state index is 0.409. The minimum atomic E-state index is -0.582. The number of aliphatic hydroxyl groups excluding tert-OH is 1. The Morgan fingerprint density at radius 1 is 1.24 bits per heavy atom. The van der Waals surface area contributed by atoms with Crippen molar-refractivity contribution in [3.63, 3.8) is 0 Å². The van der Waals surface area contributed by atoms with E-state index in [1.807, 2.05) is 24.3 Å².